The van der Waals surface area contributed by atoms with E-state index in [-0.39, 0.29) is 17.4 Å². The van der Waals surface area contributed by atoms with E-state index in [4.69, 9.17) is 0 Å². The highest BCUT2D eigenvalue weighted by Crippen LogP contribution is 2.31. The van der Waals surface area contributed by atoms with Crippen molar-refractivity contribution in [1.29, 1.82) is 0 Å². The average Bonchev–Trinajstić information content (AvgIpc) is 2.20. The summed E-state index contributed by atoms with van der Waals surface area (Å²) in [6.07, 6.45) is 1.73. The number of rotatable bonds is 5. The van der Waals surface area contributed by atoms with E-state index < -0.39 is 23.1 Å². The van der Waals surface area contributed by atoms with E-state index in [9.17, 15) is 14.4 Å². The van der Waals surface area contributed by atoms with E-state index in [1.165, 1.54) is 0 Å². The molecule has 0 spiro atoms. The Morgan fingerprint density at radius 2 is 1.38 bits per heavy atom. The van der Waals surface area contributed by atoms with Crippen molar-refractivity contribution in [2.45, 2.75) is 47.0 Å². The Morgan fingerprint density at radius 3 is 1.62 bits per heavy atom. The van der Waals surface area contributed by atoms with Gasteiger partial charge in [-0.1, -0.05) is 20.8 Å². The van der Waals surface area contributed by atoms with E-state index >= 15 is 0 Å². The number of esters is 2. The molecule has 0 saturated heterocycles. The lowest BCUT2D eigenvalue weighted by atomic mass is 9.76. The van der Waals surface area contributed by atoms with Crippen molar-refractivity contribution in [2.75, 3.05) is 0 Å². The molecule has 0 atom stereocenters. The molecule has 16 heavy (non-hydrogen) atoms. The summed E-state index contributed by atoms with van der Waals surface area (Å²) >= 11 is 0. The Hall–Kier alpha value is -0.658. The summed E-state index contributed by atoms with van der Waals surface area (Å²) < 4.78 is 4.30. The van der Waals surface area contributed by atoms with Gasteiger partial charge in [-0.3, -0.25) is 9.59 Å². The zero-order valence-electron chi connectivity index (χ0n) is 9.75. The third kappa shape index (κ3) is 4.07. The lowest BCUT2D eigenvalue weighted by Gasteiger charge is -2.26. The third-order valence-corrected chi connectivity index (χ3v) is 2.93. The monoisotopic (exact) mass is 244 g/mol. The summed E-state index contributed by atoms with van der Waals surface area (Å²) in [6, 6.07) is 0. The fraction of sp³-hybridized carbons (Fsp3) is 0.727. The number of hydrogen-bond acceptors (Lipinski definition) is 4. The van der Waals surface area contributed by atoms with Crippen LogP contribution in [0, 0.1) is 5.41 Å². The van der Waals surface area contributed by atoms with Crippen molar-refractivity contribution in [2.24, 2.45) is 5.41 Å². The molecule has 0 aromatic heterocycles. The van der Waals surface area contributed by atoms with Crippen molar-refractivity contribution < 1.29 is 19.1 Å². The number of ether oxygens (including phenoxy) is 1. The summed E-state index contributed by atoms with van der Waals surface area (Å²) in [7, 11) is 0. The second kappa shape index (κ2) is 7.59. The van der Waals surface area contributed by atoms with Gasteiger partial charge in [-0.25, -0.2) is 4.79 Å². The van der Waals surface area contributed by atoms with Gasteiger partial charge in [0.1, 0.15) is 0 Å². The van der Waals surface area contributed by atoms with Gasteiger partial charge in [0, 0.05) is 12.3 Å². The van der Waals surface area contributed by atoms with Crippen LogP contribution in [-0.4, -0.2) is 35.1 Å². The molecule has 0 bridgehead atoms. The number of Topliss-reactive ketones (excluding diaryl/α,β-unsaturated/α-hetero) is 1. The number of hydrogen-bond donors (Lipinski definition) is 0. The van der Waals surface area contributed by atoms with Crippen LogP contribution in [0.1, 0.15) is 47.0 Å². The molecule has 0 aliphatic heterocycles. The zero-order valence-corrected chi connectivity index (χ0v) is 9.75. The standard InChI is InChI=1S/C11H18O4.Al.3H/c1-5-11(6-2,7-3)9(13)10(14)15-8(4)12;;;;/h5-7H2,1-4H3;;;;. The maximum absolute atomic E-state index is 11.8. The van der Waals surface area contributed by atoms with E-state index in [1.807, 2.05) is 20.8 Å². The molecule has 0 unspecified atom stereocenters. The van der Waals surface area contributed by atoms with Crippen LogP contribution >= 0.6 is 0 Å². The predicted molar refractivity (Wildman–Crippen MR) is 65.0 cm³/mol. The maximum Gasteiger partial charge on any atom is 0.382 e. The smallest absolute Gasteiger partial charge is 0.382 e. The van der Waals surface area contributed by atoms with Crippen molar-refractivity contribution in [3.05, 3.63) is 0 Å². The predicted octanol–water partition coefficient (Wildman–Crippen LogP) is 0.678. The molecule has 0 rings (SSSR count). The third-order valence-electron chi connectivity index (χ3n) is 2.93. The topological polar surface area (TPSA) is 60.4 Å². The Kier molecular flexibility index (Phi) is 8.41. The van der Waals surface area contributed by atoms with Gasteiger partial charge in [-0.15, -0.1) is 0 Å². The van der Waals surface area contributed by atoms with E-state index in [1.54, 1.807) is 0 Å². The molecular weight excluding hydrogens is 223 g/mol. The van der Waals surface area contributed by atoms with Gasteiger partial charge in [0.25, 0.3) is 0 Å². The molecule has 92 valence electrons. The molecule has 0 N–H and O–H groups in total. The van der Waals surface area contributed by atoms with Crippen LogP contribution in [0.25, 0.3) is 0 Å². The fourth-order valence-corrected chi connectivity index (χ4v) is 1.63. The Balaban J connectivity index is 0. The molecule has 5 heteroatoms. The Labute approximate surface area is 107 Å². The highest BCUT2D eigenvalue weighted by molar-refractivity contribution is 6.37. The second-order valence-electron chi connectivity index (χ2n) is 3.55. The molecule has 4 nitrogen and oxygen atoms in total. The molecule has 0 aliphatic rings. The van der Waals surface area contributed by atoms with Crippen molar-refractivity contribution in [3.8, 4) is 0 Å². The number of carbonyl (C=O) groups is 3. The average molecular weight is 244 g/mol. The minimum Gasteiger partial charge on any atom is -0.387 e. The number of ketones is 1. The van der Waals surface area contributed by atoms with Gasteiger partial charge >= 0.3 is 11.9 Å². The van der Waals surface area contributed by atoms with Gasteiger partial charge in [0.05, 0.1) is 0 Å². The van der Waals surface area contributed by atoms with Crippen LogP contribution in [0.3, 0.4) is 0 Å². The van der Waals surface area contributed by atoms with Crippen LogP contribution < -0.4 is 0 Å². The number of carbonyl (C=O) groups excluding carboxylic acids is 3. The first-order valence-electron chi connectivity index (χ1n) is 5.20. The SMILES string of the molecule is CCC(CC)(CC)C(=O)C(=O)OC(C)=O.[AlH3]. The van der Waals surface area contributed by atoms with Gasteiger partial charge in [0.2, 0.25) is 5.78 Å². The van der Waals surface area contributed by atoms with Crippen molar-refractivity contribution in [1.82, 2.24) is 0 Å². The lowest BCUT2D eigenvalue weighted by Crippen LogP contribution is -2.36. The van der Waals surface area contributed by atoms with E-state index in [2.05, 4.69) is 4.74 Å². The second-order valence-corrected chi connectivity index (χ2v) is 3.55. The highest BCUT2D eigenvalue weighted by Gasteiger charge is 2.38. The van der Waals surface area contributed by atoms with Gasteiger partial charge in [-0.2, -0.15) is 0 Å². The minimum atomic E-state index is -1.03. The minimum absolute atomic E-state index is 0. The van der Waals surface area contributed by atoms with Crippen molar-refractivity contribution >= 4 is 35.1 Å². The molecule has 0 fully saturated rings. The largest absolute Gasteiger partial charge is 0.387 e. The van der Waals surface area contributed by atoms with Gasteiger partial charge in [-0.05, 0) is 19.3 Å². The molecular formula is C11H21AlO4. The maximum atomic E-state index is 11.8. The van der Waals surface area contributed by atoms with Gasteiger partial charge in [0.15, 0.2) is 17.4 Å². The van der Waals surface area contributed by atoms with Crippen LogP contribution in [0.5, 0.6) is 0 Å². The van der Waals surface area contributed by atoms with Crippen LogP contribution in [0.15, 0.2) is 0 Å². The van der Waals surface area contributed by atoms with Crippen LogP contribution in [-0.2, 0) is 19.1 Å². The molecule has 0 saturated carbocycles. The zero-order chi connectivity index (χ0) is 12.1. The Bertz CT molecular complexity index is 261. The molecule has 0 aromatic rings. The summed E-state index contributed by atoms with van der Waals surface area (Å²) in [6.45, 7) is 6.67. The molecule has 0 amide bonds. The first-order valence-corrected chi connectivity index (χ1v) is 5.20. The lowest BCUT2D eigenvalue weighted by molar-refractivity contribution is -0.166. The molecule has 0 radical (unpaired) electrons. The summed E-state index contributed by atoms with van der Waals surface area (Å²) in [5.41, 5.74) is -0.674. The molecule has 0 aliphatic carbocycles. The summed E-state index contributed by atoms with van der Waals surface area (Å²) in [4.78, 5) is 33.6. The normalized spacial score (nSPS) is 10.2. The fourth-order valence-electron chi connectivity index (χ4n) is 1.63. The quantitative estimate of drug-likeness (QED) is 0.309. The molecule has 0 heterocycles. The van der Waals surface area contributed by atoms with E-state index in [0.717, 1.165) is 6.92 Å². The van der Waals surface area contributed by atoms with Gasteiger partial charge < -0.3 is 4.74 Å². The van der Waals surface area contributed by atoms with Crippen LogP contribution in [0.4, 0.5) is 0 Å². The molecule has 0 aromatic carbocycles. The van der Waals surface area contributed by atoms with Crippen molar-refractivity contribution in [3.63, 3.8) is 0 Å². The first-order chi connectivity index (χ1) is 6.93. The Morgan fingerprint density at radius 1 is 1.00 bits per heavy atom. The summed E-state index contributed by atoms with van der Waals surface area (Å²) in [5.74, 6) is -2.37. The van der Waals surface area contributed by atoms with Crippen LogP contribution in [0.2, 0.25) is 0 Å². The van der Waals surface area contributed by atoms with E-state index in [0.29, 0.717) is 19.3 Å². The highest BCUT2D eigenvalue weighted by atomic mass is 27.0. The first kappa shape index (κ1) is 17.7. The summed E-state index contributed by atoms with van der Waals surface area (Å²) in [5, 5.41) is 0.